The van der Waals surface area contributed by atoms with Crippen LogP contribution in [0.5, 0.6) is 0 Å². The van der Waals surface area contributed by atoms with Crippen molar-refractivity contribution < 1.29 is 9.59 Å². The van der Waals surface area contributed by atoms with Crippen molar-refractivity contribution in [1.82, 2.24) is 10.2 Å². The molecular weight excluding hydrogens is 360 g/mol. The largest absolute Gasteiger partial charge is 0.355 e. The number of carbonyl (C=O) groups excluding carboxylic acids is 2. The normalized spacial score (nSPS) is 11.7. The molecule has 0 aliphatic heterocycles. The van der Waals surface area contributed by atoms with Gasteiger partial charge in [0.1, 0.15) is 6.04 Å². The Labute approximate surface area is 166 Å². The highest BCUT2D eigenvalue weighted by Gasteiger charge is 2.28. The number of likely N-dealkylation sites (N-methyl/N-ethyl adjacent to an activating group) is 1. The molecule has 1 atom stereocenters. The molecule has 27 heavy (non-hydrogen) atoms. The van der Waals surface area contributed by atoms with Crippen LogP contribution >= 0.6 is 11.6 Å². The molecule has 5 heteroatoms. The molecule has 0 saturated heterocycles. The van der Waals surface area contributed by atoms with Crippen LogP contribution in [0, 0.1) is 6.92 Å². The first-order chi connectivity index (χ1) is 12.9. The summed E-state index contributed by atoms with van der Waals surface area (Å²) in [5.41, 5.74) is 2.98. The Hall–Kier alpha value is -2.33. The molecule has 2 aromatic rings. The van der Waals surface area contributed by atoms with Gasteiger partial charge in [-0.15, -0.1) is 0 Å². The number of aryl methyl sites for hydroxylation is 1. The molecule has 144 valence electrons. The third-order valence-corrected chi connectivity index (χ3v) is 4.65. The van der Waals surface area contributed by atoms with Crippen LogP contribution in [0.4, 0.5) is 0 Å². The predicted octanol–water partition coefficient (Wildman–Crippen LogP) is 4.13. The fraction of sp³-hybridized carbons (Fsp3) is 0.364. The molecule has 0 saturated carbocycles. The minimum atomic E-state index is -0.503. The summed E-state index contributed by atoms with van der Waals surface area (Å²) in [4.78, 5) is 27.4. The first kappa shape index (κ1) is 21.0. The molecule has 0 fully saturated rings. The molecule has 1 N–H and O–H groups in total. The van der Waals surface area contributed by atoms with Crippen LogP contribution in [0.1, 0.15) is 37.0 Å². The average molecular weight is 387 g/mol. The van der Waals surface area contributed by atoms with Crippen LogP contribution in [0.25, 0.3) is 0 Å². The minimum absolute atomic E-state index is 0.0862. The quantitative estimate of drug-likeness (QED) is 0.741. The van der Waals surface area contributed by atoms with Crippen LogP contribution < -0.4 is 5.32 Å². The van der Waals surface area contributed by atoms with E-state index in [0.717, 1.165) is 16.7 Å². The predicted molar refractivity (Wildman–Crippen MR) is 110 cm³/mol. The number of halogens is 1. The van der Waals surface area contributed by atoms with E-state index in [1.807, 2.05) is 57.2 Å². The zero-order chi connectivity index (χ0) is 19.8. The molecule has 0 aliphatic rings. The Bertz CT molecular complexity index is 791. The summed E-state index contributed by atoms with van der Waals surface area (Å²) < 4.78 is 0. The van der Waals surface area contributed by atoms with Gasteiger partial charge in [0.2, 0.25) is 11.8 Å². The third-order valence-electron chi connectivity index (χ3n) is 4.42. The number of amides is 2. The van der Waals surface area contributed by atoms with Crippen LogP contribution in [-0.4, -0.2) is 29.3 Å². The Balaban J connectivity index is 2.29. The van der Waals surface area contributed by atoms with Gasteiger partial charge in [-0.1, -0.05) is 60.5 Å². The maximum atomic E-state index is 13.1. The van der Waals surface area contributed by atoms with Crippen molar-refractivity contribution in [2.75, 3.05) is 6.54 Å². The maximum absolute atomic E-state index is 13.1. The minimum Gasteiger partial charge on any atom is -0.355 e. The molecule has 0 aromatic heterocycles. The van der Waals surface area contributed by atoms with Gasteiger partial charge in [0.15, 0.2) is 0 Å². The first-order valence-corrected chi connectivity index (χ1v) is 9.69. The highest BCUT2D eigenvalue weighted by Crippen LogP contribution is 2.17. The molecule has 0 heterocycles. The Morgan fingerprint density at radius 3 is 2.41 bits per heavy atom. The van der Waals surface area contributed by atoms with Gasteiger partial charge < -0.3 is 10.2 Å². The van der Waals surface area contributed by atoms with E-state index in [1.54, 1.807) is 17.0 Å². The number of benzene rings is 2. The summed E-state index contributed by atoms with van der Waals surface area (Å²) in [6.07, 6.45) is 0.765. The average Bonchev–Trinajstić information content (AvgIpc) is 2.62. The number of hydrogen-bond donors (Lipinski definition) is 1. The lowest BCUT2D eigenvalue weighted by Gasteiger charge is -2.30. The van der Waals surface area contributed by atoms with Gasteiger partial charge >= 0.3 is 0 Å². The number of nitrogens with one attached hydrogen (secondary N) is 1. The zero-order valence-corrected chi connectivity index (χ0v) is 16.9. The SMILES string of the molecule is CCNC(=O)C(CC)N(Cc1cccc(C)c1)C(=O)Cc1cccc(Cl)c1. The summed E-state index contributed by atoms with van der Waals surface area (Å²) >= 11 is 6.05. The maximum Gasteiger partial charge on any atom is 0.242 e. The fourth-order valence-corrected chi connectivity index (χ4v) is 3.35. The van der Waals surface area contributed by atoms with E-state index in [0.29, 0.717) is 24.5 Å². The molecule has 0 radical (unpaired) electrons. The van der Waals surface area contributed by atoms with Crippen molar-refractivity contribution in [3.05, 3.63) is 70.2 Å². The molecule has 4 nitrogen and oxygen atoms in total. The first-order valence-electron chi connectivity index (χ1n) is 9.31. The van der Waals surface area contributed by atoms with Crippen LogP contribution in [0.15, 0.2) is 48.5 Å². The van der Waals surface area contributed by atoms with Gasteiger partial charge in [-0.2, -0.15) is 0 Å². The van der Waals surface area contributed by atoms with Gasteiger partial charge in [-0.05, 0) is 43.5 Å². The van der Waals surface area contributed by atoms with Crippen LogP contribution in [0.2, 0.25) is 5.02 Å². The van der Waals surface area contributed by atoms with Crippen molar-refractivity contribution in [2.24, 2.45) is 0 Å². The van der Waals surface area contributed by atoms with Gasteiger partial charge in [-0.25, -0.2) is 0 Å². The molecule has 0 spiro atoms. The van der Waals surface area contributed by atoms with Crippen molar-refractivity contribution >= 4 is 23.4 Å². The van der Waals surface area contributed by atoms with Crippen molar-refractivity contribution in [1.29, 1.82) is 0 Å². The topological polar surface area (TPSA) is 49.4 Å². The lowest BCUT2D eigenvalue weighted by molar-refractivity contribution is -0.140. The highest BCUT2D eigenvalue weighted by molar-refractivity contribution is 6.30. The molecular formula is C22H27ClN2O2. The van der Waals surface area contributed by atoms with Gasteiger partial charge in [0.25, 0.3) is 0 Å². The summed E-state index contributed by atoms with van der Waals surface area (Å²) in [5, 5.41) is 3.45. The highest BCUT2D eigenvalue weighted by atomic mass is 35.5. The smallest absolute Gasteiger partial charge is 0.242 e. The van der Waals surface area contributed by atoms with E-state index in [1.165, 1.54) is 0 Å². The molecule has 2 rings (SSSR count). The molecule has 2 amide bonds. The van der Waals surface area contributed by atoms with Crippen molar-refractivity contribution in [3.8, 4) is 0 Å². The van der Waals surface area contributed by atoms with Crippen LogP contribution in [-0.2, 0) is 22.6 Å². The number of hydrogen-bond acceptors (Lipinski definition) is 2. The number of rotatable bonds is 8. The summed E-state index contributed by atoms with van der Waals surface area (Å²) in [7, 11) is 0. The Morgan fingerprint density at radius 2 is 1.78 bits per heavy atom. The summed E-state index contributed by atoms with van der Waals surface area (Å²) in [6.45, 7) is 6.76. The third kappa shape index (κ3) is 6.10. The summed E-state index contributed by atoms with van der Waals surface area (Å²) in [6, 6.07) is 14.8. The monoisotopic (exact) mass is 386 g/mol. The molecule has 0 bridgehead atoms. The zero-order valence-electron chi connectivity index (χ0n) is 16.2. The Morgan fingerprint density at radius 1 is 1.07 bits per heavy atom. The van der Waals surface area contributed by atoms with E-state index in [2.05, 4.69) is 5.32 Å². The Kier molecular flexibility index (Phi) is 7.86. The second kappa shape index (κ2) is 10.1. The second-order valence-electron chi connectivity index (χ2n) is 6.64. The van der Waals surface area contributed by atoms with E-state index in [-0.39, 0.29) is 18.2 Å². The second-order valence-corrected chi connectivity index (χ2v) is 7.07. The molecule has 2 aromatic carbocycles. The molecule has 1 unspecified atom stereocenters. The van der Waals surface area contributed by atoms with E-state index >= 15 is 0 Å². The lowest BCUT2D eigenvalue weighted by Crippen LogP contribution is -2.49. The van der Waals surface area contributed by atoms with Gasteiger partial charge in [0.05, 0.1) is 6.42 Å². The van der Waals surface area contributed by atoms with Gasteiger partial charge in [0, 0.05) is 18.1 Å². The molecule has 0 aliphatic carbocycles. The standard InChI is InChI=1S/C22H27ClN2O2/c1-4-20(22(27)24-5-2)25(15-18-10-6-8-16(3)12-18)21(26)14-17-9-7-11-19(23)13-17/h6-13,20H,4-5,14-15H2,1-3H3,(H,24,27). The fourth-order valence-electron chi connectivity index (χ4n) is 3.14. The van der Waals surface area contributed by atoms with E-state index < -0.39 is 6.04 Å². The number of nitrogens with zero attached hydrogens (tertiary/aromatic N) is 1. The van der Waals surface area contributed by atoms with Gasteiger partial charge in [-0.3, -0.25) is 9.59 Å². The number of carbonyl (C=O) groups is 2. The van der Waals surface area contributed by atoms with E-state index in [9.17, 15) is 9.59 Å². The lowest BCUT2D eigenvalue weighted by atomic mass is 10.1. The van der Waals surface area contributed by atoms with Crippen molar-refractivity contribution in [3.63, 3.8) is 0 Å². The summed E-state index contributed by atoms with van der Waals surface area (Å²) in [5.74, 6) is -0.205. The van der Waals surface area contributed by atoms with Crippen LogP contribution in [0.3, 0.4) is 0 Å². The van der Waals surface area contributed by atoms with E-state index in [4.69, 9.17) is 11.6 Å². The van der Waals surface area contributed by atoms with Crippen molar-refractivity contribution in [2.45, 2.75) is 46.2 Å².